The zero-order valence-electron chi connectivity index (χ0n) is 11.8. The van der Waals surface area contributed by atoms with Gasteiger partial charge in [0.15, 0.2) is 0 Å². The molecule has 108 valence electrons. The lowest BCUT2D eigenvalue weighted by Crippen LogP contribution is -2.42. The van der Waals surface area contributed by atoms with Gasteiger partial charge in [-0.25, -0.2) is 0 Å². The van der Waals surface area contributed by atoms with Crippen molar-refractivity contribution in [3.63, 3.8) is 0 Å². The fraction of sp³-hybridized carbons (Fsp3) is 0.938. The molecule has 0 N–H and O–H groups in total. The lowest BCUT2D eigenvalue weighted by molar-refractivity contribution is -0.134. The zero-order chi connectivity index (χ0) is 13.2. The molecule has 2 aliphatic carbocycles. The highest BCUT2D eigenvalue weighted by Crippen LogP contribution is 2.49. The summed E-state index contributed by atoms with van der Waals surface area (Å²) >= 11 is 6.08. The van der Waals surface area contributed by atoms with Crippen LogP contribution in [0.25, 0.3) is 0 Å². The van der Waals surface area contributed by atoms with Crippen molar-refractivity contribution in [3.05, 3.63) is 0 Å². The van der Waals surface area contributed by atoms with Gasteiger partial charge in [-0.2, -0.15) is 0 Å². The molecule has 2 nitrogen and oxygen atoms in total. The van der Waals surface area contributed by atoms with E-state index in [1.807, 2.05) is 0 Å². The number of carbonyl (C=O) groups excluding carboxylic acids is 1. The third kappa shape index (κ3) is 2.94. The van der Waals surface area contributed by atoms with Gasteiger partial charge < -0.3 is 4.90 Å². The fourth-order valence-electron chi connectivity index (χ4n) is 4.63. The summed E-state index contributed by atoms with van der Waals surface area (Å²) in [5, 5.41) is 0. The summed E-state index contributed by atoms with van der Waals surface area (Å²) in [5.41, 5.74) is 0. The molecule has 1 heterocycles. The van der Waals surface area contributed by atoms with Gasteiger partial charge in [-0.05, 0) is 49.9 Å². The van der Waals surface area contributed by atoms with E-state index >= 15 is 0 Å². The first-order valence-electron chi connectivity index (χ1n) is 8.13. The van der Waals surface area contributed by atoms with E-state index in [2.05, 4.69) is 4.90 Å². The number of nitrogens with zero attached hydrogens (tertiary/aromatic N) is 1. The molecule has 4 atom stereocenters. The number of carbonyl (C=O) groups is 1. The first-order chi connectivity index (χ1) is 9.28. The SMILES string of the molecule is O=C(CC1CC2CCC1C2)N1CCCCCC1CCl. The molecule has 3 fully saturated rings. The molecule has 3 heteroatoms. The molecule has 3 rings (SSSR count). The zero-order valence-corrected chi connectivity index (χ0v) is 12.6. The van der Waals surface area contributed by atoms with Crippen LogP contribution in [-0.2, 0) is 4.79 Å². The largest absolute Gasteiger partial charge is 0.339 e. The molecule has 0 radical (unpaired) electrons. The maximum absolute atomic E-state index is 12.6. The van der Waals surface area contributed by atoms with Crippen LogP contribution in [0.15, 0.2) is 0 Å². The van der Waals surface area contributed by atoms with E-state index in [0.29, 0.717) is 23.7 Å². The Bertz CT molecular complexity index is 333. The number of halogens is 1. The molecule has 2 bridgehead atoms. The minimum atomic E-state index is 0.301. The number of amides is 1. The molecule has 1 amide bonds. The Morgan fingerprint density at radius 1 is 1.11 bits per heavy atom. The summed E-state index contributed by atoms with van der Waals surface area (Å²) in [7, 11) is 0. The predicted molar refractivity (Wildman–Crippen MR) is 78.2 cm³/mol. The Balaban J connectivity index is 1.59. The van der Waals surface area contributed by atoms with Crippen molar-refractivity contribution in [1.29, 1.82) is 0 Å². The quantitative estimate of drug-likeness (QED) is 0.721. The Labute approximate surface area is 121 Å². The van der Waals surface area contributed by atoms with Crippen LogP contribution >= 0.6 is 11.6 Å². The van der Waals surface area contributed by atoms with Gasteiger partial charge in [-0.1, -0.05) is 19.3 Å². The Morgan fingerprint density at radius 2 is 2.00 bits per heavy atom. The van der Waals surface area contributed by atoms with Crippen molar-refractivity contribution in [2.45, 2.75) is 63.8 Å². The molecule has 1 aliphatic heterocycles. The standard InChI is InChI=1S/C16H26ClNO/c17-11-15-4-2-1-3-7-18(15)16(19)10-14-9-12-5-6-13(14)8-12/h12-15H,1-11H2. The number of rotatable bonds is 3. The third-order valence-electron chi connectivity index (χ3n) is 5.70. The van der Waals surface area contributed by atoms with Gasteiger partial charge in [0.05, 0.1) is 0 Å². The topological polar surface area (TPSA) is 20.3 Å². The highest BCUT2D eigenvalue weighted by molar-refractivity contribution is 6.18. The Kier molecular flexibility index (Phi) is 4.36. The normalized spacial score (nSPS) is 38.5. The maximum Gasteiger partial charge on any atom is 0.223 e. The van der Waals surface area contributed by atoms with Gasteiger partial charge in [-0.15, -0.1) is 11.6 Å². The number of hydrogen-bond donors (Lipinski definition) is 0. The minimum Gasteiger partial charge on any atom is -0.339 e. The van der Waals surface area contributed by atoms with Crippen LogP contribution in [-0.4, -0.2) is 29.3 Å². The molecule has 1 saturated heterocycles. The van der Waals surface area contributed by atoms with Gasteiger partial charge in [0.25, 0.3) is 0 Å². The van der Waals surface area contributed by atoms with E-state index in [-0.39, 0.29) is 0 Å². The van der Waals surface area contributed by atoms with Gasteiger partial charge in [0, 0.05) is 24.9 Å². The van der Waals surface area contributed by atoms with E-state index < -0.39 is 0 Å². The maximum atomic E-state index is 12.6. The molecular weight excluding hydrogens is 258 g/mol. The monoisotopic (exact) mass is 283 g/mol. The molecule has 0 aromatic rings. The van der Waals surface area contributed by atoms with Crippen molar-refractivity contribution in [1.82, 2.24) is 4.90 Å². The van der Waals surface area contributed by atoms with E-state index in [9.17, 15) is 4.79 Å². The highest BCUT2D eigenvalue weighted by Gasteiger charge is 2.41. The average Bonchev–Trinajstić information content (AvgIpc) is 2.93. The molecule has 3 aliphatic rings. The first kappa shape index (κ1) is 13.7. The van der Waals surface area contributed by atoms with Gasteiger partial charge in [0.2, 0.25) is 5.91 Å². The fourth-order valence-corrected chi connectivity index (χ4v) is 4.95. The average molecular weight is 284 g/mol. The van der Waals surface area contributed by atoms with Crippen LogP contribution in [0, 0.1) is 17.8 Å². The Morgan fingerprint density at radius 3 is 2.68 bits per heavy atom. The molecule has 0 aromatic carbocycles. The molecule has 4 unspecified atom stereocenters. The second-order valence-corrected chi connectivity index (χ2v) is 7.19. The summed E-state index contributed by atoms with van der Waals surface area (Å²) in [6.07, 6.45) is 11.1. The van der Waals surface area contributed by atoms with E-state index in [1.54, 1.807) is 0 Å². The number of hydrogen-bond acceptors (Lipinski definition) is 1. The van der Waals surface area contributed by atoms with Crippen LogP contribution in [0.1, 0.15) is 57.8 Å². The van der Waals surface area contributed by atoms with Crippen molar-refractivity contribution in [2.75, 3.05) is 12.4 Å². The predicted octanol–water partition coefficient (Wildman–Crippen LogP) is 3.82. The summed E-state index contributed by atoms with van der Waals surface area (Å²) in [5.74, 6) is 3.49. The van der Waals surface area contributed by atoms with Crippen molar-refractivity contribution in [2.24, 2.45) is 17.8 Å². The lowest BCUT2D eigenvalue weighted by atomic mass is 9.86. The number of likely N-dealkylation sites (tertiary alicyclic amines) is 1. The summed E-state index contributed by atoms with van der Waals surface area (Å²) in [6, 6.07) is 0.301. The number of fused-ring (bicyclic) bond motifs is 2. The smallest absolute Gasteiger partial charge is 0.223 e. The summed E-state index contributed by atoms with van der Waals surface area (Å²) in [6.45, 7) is 0.942. The van der Waals surface area contributed by atoms with Gasteiger partial charge in [0.1, 0.15) is 0 Å². The minimum absolute atomic E-state index is 0.301. The van der Waals surface area contributed by atoms with Gasteiger partial charge in [-0.3, -0.25) is 4.79 Å². The second kappa shape index (κ2) is 6.03. The lowest BCUT2D eigenvalue weighted by Gasteiger charge is -2.31. The van der Waals surface area contributed by atoms with Crippen LogP contribution in [0.5, 0.6) is 0 Å². The molecule has 0 spiro atoms. The van der Waals surface area contributed by atoms with Crippen molar-refractivity contribution in [3.8, 4) is 0 Å². The summed E-state index contributed by atoms with van der Waals surface area (Å²) in [4.78, 5) is 14.7. The van der Waals surface area contributed by atoms with E-state index in [4.69, 9.17) is 11.6 Å². The van der Waals surface area contributed by atoms with E-state index in [1.165, 1.54) is 38.5 Å². The second-order valence-electron chi connectivity index (χ2n) is 6.88. The van der Waals surface area contributed by atoms with Crippen LogP contribution in [0.2, 0.25) is 0 Å². The summed E-state index contributed by atoms with van der Waals surface area (Å²) < 4.78 is 0. The Hall–Kier alpha value is -0.240. The van der Waals surface area contributed by atoms with Crippen molar-refractivity contribution < 1.29 is 4.79 Å². The molecule has 2 saturated carbocycles. The molecule has 0 aromatic heterocycles. The van der Waals surface area contributed by atoms with Crippen LogP contribution in [0.4, 0.5) is 0 Å². The molecular formula is C16H26ClNO. The van der Waals surface area contributed by atoms with Gasteiger partial charge >= 0.3 is 0 Å². The third-order valence-corrected chi connectivity index (χ3v) is 6.05. The first-order valence-corrected chi connectivity index (χ1v) is 8.67. The number of alkyl halides is 1. The van der Waals surface area contributed by atoms with Crippen LogP contribution in [0.3, 0.4) is 0 Å². The molecule has 19 heavy (non-hydrogen) atoms. The van der Waals surface area contributed by atoms with Crippen LogP contribution < -0.4 is 0 Å². The highest BCUT2D eigenvalue weighted by atomic mass is 35.5. The van der Waals surface area contributed by atoms with E-state index in [0.717, 1.165) is 37.6 Å². The van der Waals surface area contributed by atoms with Crippen molar-refractivity contribution >= 4 is 17.5 Å².